The molecule has 6 aliphatic rings. The number of benzene rings is 1. The Kier molecular flexibility index (Phi) is 8.90. The van der Waals surface area contributed by atoms with E-state index in [0.29, 0.717) is 40.1 Å². The van der Waals surface area contributed by atoms with Gasteiger partial charge in [0, 0.05) is 31.7 Å². The number of carbonyl (C=O) groups is 1. The molecule has 1 heterocycles. The molecule has 7 rings (SSSR count). The molecule has 1 aromatic carbocycles. The number of nitrogens with one attached hydrogen (secondary N) is 1. The second-order valence-corrected chi connectivity index (χ2v) is 20.1. The molecule has 2 N–H and O–H groups in total. The van der Waals surface area contributed by atoms with Crippen molar-refractivity contribution in [3.63, 3.8) is 0 Å². The fourth-order valence-electron chi connectivity index (χ4n) is 13.7. The van der Waals surface area contributed by atoms with Crippen LogP contribution in [0.5, 0.6) is 0 Å². The van der Waals surface area contributed by atoms with Crippen molar-refractivity contribution >= 4 is 22.7 Å². The summed E-state index contributed by atoms with van der Waals surface area (Å²) in [5, 5.41) is 13.8. The number of fused-ring (bicyclic) bond motifs is 7. The molecule has 5 nitrogen and oxygen atoms in total. The molecule has 0 amide bonds. The van der Waals surface area contributed by atoms with E-state index in [2.05, 4.69) is 64.4 Å². The first-order chi connectivity index (χ1) is 22.7. The molecule has 4 saturated carbocycles. The van der Waals surface area contributed by atoms with Crippen LogP contribution in [-0.2, 0) is 11.2 Å². The molecule has 0 spiro atoms. The molecule has 1 aliphatic heterocycles. The van der Waals surface area contributed by atoms with Gasteiger partial charge in [-0.15, -0.1) is 0 Å². The minimum atomic E-state index is -0.859. The van der Waals surface area contributed by atoms with Crippen molar-refractivity contribution in [3.05, 3.63) is 53.6 Å². The molecular weight excluding hydrogens is 613 g/mol. The molecule has 0 bridgehead atoms. The number of aromatic carboxylic acids is 1. The highest BCUT2D eigenvalue weighted by Gasteiger charge is 2.70. The third-order valence-electron chi connectivity index (χ3n) is 16.3. The van der Waals surface area contributed by atoms with Gasteiger partial charge in [0.05, 0.1) is 5.56 Å². The van der Waals surface area contributed by atoms with Gasteiger partial charge in [0.2, 0.25) is 0 Å². The van der Waals surface area contributed by atoms with E-state index in [1.54, 1.807) is 12.1 Å². The Balaban J connectivity index is 1.15. The molecule has 264 valence electrons. The standard InChI is InChI=1S/C42H62N2O3S/c1-28(2)31-14-19-42(43-22-23-44-24-26-48(47)27-25-44)21-20-40(6)33(36(31)42)12-13-35-39(5)17-15-32(29-8-10-30(11-9-29)37(45)46)38(3,4)34(39)16-18-41(35,40)7/h8-11,15,31,33-36,43H,1,12-14,16-27H2,2-7H3,(H,45,46)/t31-,33+,34-,35+,36+,39-,40+,41+,42?/m0/s1. The van der Waals surface area contributed by atoms with Crippen LogP contribution in [0.1, 0.15) is 115 Å². The Hall–Kier alpha value is -1.60. The Labute approximate surface area is 294 Å². The highest BCUT2D eigenvalue weighted by molar-refractivity contribution is 7.91. The van der Waals surface area contributed by atoms with E-state index >= 15 is 0 Å². The van der Waals surface area contributed by atoms with Gasteiger partial charge in [-0.25, -0.2) is 4.79 Å². The lowest BCUT2D eigenvalue weighted by atomic mass is 9.33. The van der Waals surface area contributed by atoms with Crippen molar-refractivity contribution in [1.29, 1.82) is 0 Å². The largest absolute Gasteiger partial charge is 0.616 e. The number of allylic oxidation sites excluding steroid dienone is 3. The first-order valence-electron chi connectivity index (χ1n) is 19.2. The van der Waals surface area contributed by atoms with Crippen LogP contribution < -0.4 is 5.32 Å². The number of nitrogens with zero attached hydrogens (tertiary/aromatic N) is 1. The molecule has 1 unspecified atom stereocenters. The van der Waals surface area contributed by atoms with E-state index in [0.717, 1.165) is 50.0 Å². The summed E-state index contributed by atoms with van der Waals surface area (Å²) in [6, 6.07) is 7.63. The van der Waals surface area contributed by atoms with Crippen LogP contribution in [0.4, 0.5) is 0 Å². The van der Waals surface area contributed by atoms with Gasteiger partial charge < -0.3 is 15.0 Å². The van der Waals surface area contributed by atoms with E-state index in [1.807, 2.05) is 12.1 Å². The molecule has 9 atom stereocenters. The quantitative estimate of drug-likeness (QED) is 0.224. The highest BCUT2D eigenvalue weighted by atomic mass is 32.2. The highest BCUT2D eigenvalue weighted by Crippen LogP contribution is 2.76. The van der Waals surface area contributed by atoms with Gasteiger partial charge in [-0.05, 0) is 139 Å². The van der Waals surface area contributed by atoms with Crippen molar-refractivity contribution in [3.8, 4) is 0 Å². The second kappa shape index (κ2) is 12.3. The van der Waals surface area contributed by atoms with Crippen LogP contribution in [0, 0.1) is 51.2 Å². The van der Waals surface area contributed by atoms with E-state index in [9.17, 15) is 14.5 Å². The molecule has 48 heavy (non-hydrogen) atoms. The normalized spacial score (nSPS) is 42.6. The lowest BCUT2D eigenvalue weighted by molar-refractivity contribution is -0.219. The van der Waals surface area contributed by atoms with E-state index in [-0.39, 0.29) is 16.4 Å². The van der Waals surface area contributed by atoms with Gasteiger partial charge in [0.15, 0.2) is 0 Å². The molecule has 0 radical (unpaired) electrons. The minimum Gasteiger partial charge on any atom is -0.616 e. The maximum absolute atomic E-state index is 11.9. The van der Waals surface area contributed by atoms with E-state index in [4.69, 9.17) is 0 Å². The SMILES string of the molecule is C=C(C)[C@@H]1CCC2(NCCN3CC[S+]([O-])CC3)CC[C@]3(C)[C@H](CC[C@@H]4[C@@]5(C)CC=C(c6ccc(C(=O)O)cc6)C(C)(C)[C@@H]5CC[C@]43C)[C@@H]12. The maximum Gasteiger partial charge on any atom is 0.335 e. The van der Waals surface area contributed by atoms with Crippen LogP contribution in [0.15, 0.2) is 42.5 Å². The van der Waals surface area contributed by atoms with Crippen molar-refractivity contribution in [1.82, 2.24) is 10.2 Å². The first-order valence-corrected chi connectivity index (χ1v) is 20.7. The van der Waals surface area contributed by atoms with Crippen LogP contribution in [0.3, 0.4) is 0 Å². The minimum absolute atomic E-state index is 0.0301. The average molecular weight is 675 g/mol. The molecule has 6 heteroatoms. The zero-order valence-corrected chi connectivity index (χ0v) is 31.5. The number of carboxylic acid groups (broad SMARTS) is 1. The van der Waals surface area contributed by atoms with Gasteiger partial charge in [-0.2, -0.15) is 0 Å². The molecular formula is C42H62N2O3S. The lowest BCUT2D eigenvalue weighted by Gasteiger charge is -2.72. The zero-order valence-electron chi connectivity index (χ0n) is 30.7. The Morgan fingerprint density at radius 2 is 1.67 bits per heavy atom. The average Bonchev–Trinajstić information content (AvgIpc) is 3.42. The molecule has 0 aromatic heterocycles. The van der Waals surface area contributed by atoms with Crippen LogP contribution in [0.2, 0.25) is 0 Å². The Morgan fingerprint density at radius 3 is 2.33 bits per heavy atom. The molecule has 1 saturated heterocycles. The summed E-state index contributed by atoms with van der Waals surface area (Å²) in [5.74, 6) is 4.10. The Bertz CT molecular complexity index is 1450. The van der Waals surface area contributed by atoms with Crippen molar-refractivity contribution in [2.75, 3.05) is 37.7 Å². The topological polar surface area (TPSA) is 75.6 Å². The summed E-state index contributed by atoms with van der Waals surface area (Å²) < 4.78 is 11.9. The third kappa shape index (κ3) is 5.23. The zero-order chi connectivity index (χ0) is 34.3. The molecule has 5 fully saturated rings. The van der Waals surface area contributed by atoms with Gasteiger partial charge in [0.1, 0.15) is 11.5 Å². The first kappa shape index (κ1) is 34.8. The van der Waals surface area contributed by atoms with Gasteiger partial charge >= 0.3 is 5.97 Å². The monoisotopic (exact) mass is 674 g/mol. The van der Waals surface area contributed by atoms with Crippen molar-refractivity contribution in [2.45, 2.75) is 105 Å². The van der Waals surface area contributed by atoms with E-state index in [1.165, 1.54) is 68.1 Å². The van der Waals surface area contributed by atoms with Crippen LogP contribution in [-0.4, -0.2) is 63.8 Å². The van der Waals surface area contributed by atoms with Crippen molar-refractivity contribution in [2.24, 2.45) is 51.2 Å². The second-order valence-electron chi connectivity index (χ2n) is 18.4. The number of hydrogen-bond acceptors (Lipinski definition) is 4. The lowest BCUT2D eigenvalue weighted by Crippen LogP contribution is -2.68. The van der Waals surface area contributed by atoms with Gasteiger partial charge in [-0.1, -0.05) is 76.2 Å². The van der Waals surface area contributed by atoms with E-state index < -0.39 is 17.1 Å². The number of hydrogen-bond donors (Lipinski definition) is 2. The van der Waals surface area contributed by atoms with Crippen LogP contribution in [0.25, 0.3) is 5.57 Å². The smallest absolute Gasteiger partial charge is 0.335 e. The van der Waals surface area contributed by atoms with Gasteiger partial charge in [0.25, 0.3) is 0 Å². The fourth-order valence-corrected chi connectivity index (χ4v) is 14.8. The number of rotatable bonds is 7. The maximum atomic E-state index is 11.9. The van der Waals surface area contributed by atoms with Crippen molar-refractivity contribution < 1.29 is 14.5 Å². The summed E-state index contributed by atoms with van der Waals surface area (Å²) >= 11 is -0.619. The summed E-state index contributed by atoms with van der Waals surface area (Å²) in [5.41, 5.74) is 5.49. The molecule has 1 aromatic rings. The number of carboxylic acids is 1. The van der Waals surface area contributed by atoms with Gasteiger partial charge in [-0.3, -0.25) is 4.90 Å². The predicted octanol–water partition coefficient (Wildman–Crippen LogP) is 8.44. The predicted molar refractivity (Wildman–Crippen MR) is 198 cm³/mol. The Morgan fingerprint density at radius 1 is 0.958 bits per heavy atom. The van der Waals surface area contributed by atoms with Crippen LogP contribution >= 0.6 is 0 Å². The summed E-state index contributed by atoms with van der Waals surface area (Å²) in [7, 11) is 0. The summed E-state index contributed by atoms with van der Waals surface area (Å²) in [6.07, 6.45) is 14.1. The molecule has 5 aliphatic carbocycles. The fraction of sp³-hybridized carbons (Fsp3) is 0.738. The summed E-state index contributed by atoms with van der Waals surface area (Å²) in [6.45, 7) is 24.0. The third-order valence-corrected chi connectivity index (χ3v) is 17.5. The summed E-state index contributed by atoms with van der Waals surface area (Å²) in [4.78, 5) is 14.1.